The van der Waals surface area contributed by atoms with E-state index in [0.29, 0.717) is 30.2 Å². The molecule has 1 saturated heterocycles. The van der Waals surface area contributed by atoms with Crippen LogP contribution in [0.5, 0.6) is 5.75 Å². The Morgan fingerprint density at radius 1 is 1.14 bits per heavy atom. The fourth-order valence-corrected chi connectivity index (χ4v) is 3.66. The standard InChI is InChI=1S/C20H22N6O3/c1-29-18-5-3-2-4-13(18)15-11-17(25-23-15)20(28)26-8-6-12(7-9-26)14-10-16(19(21)27)24-22-14/h2-5,10-12H,6-9H2,1H3,(H2,21,27)(H,22,24)(H,23,25). The van der Waals surface area contributed by atoms with Crippen LogP contribution in [-0.4, -0.2) is 57.3 Å². The molecule has 29 heavy (non-hydrogen) atoms. The molecule has 2 amide bonds. The molecule has 1 aliphatic rings. The van der Waals surface area contributed by atoms with E-state index >= 15 is 0 Å². The van der Waals surface area contributed by atoms with Gasteiger partial charge >= 0.3 is 0 Å². The van der Waals surface area contributed by atoms with Crippen LogP contribution < -0.4 is 10.5 Å². The topological polar surface area (TPSA) is 130 Å². The number of rotatable bonds is 5. The first-order valence-electron chi connectivity index (χ1n) is 9.40. The molecule has 0 atom stereocenters. The average Bonchev–Trinajstić information content (AvgIpc) is 3.43. The van der Waals surface area contributed by atoms with Gasteiger partial charge in [-0.2, -0.15) is 10.2 Å². The molecule has 2 aromatic heterocycles. The molecule has 9 nitrogen and oxygen atoms in total. The van der Waals surface area contributed by atoms with Crippen LogP contribution in [-0.2, 0) is 0 Å². The van der Waals surface area contributed by atoms with Gasteiger partial charge in [0.1, 0.15) is 17.1 Å². The lowest BCUT2D eigenvalue weighted by Crippen LogP contribution is -2.38. The van der Waals surface area contributed by atoms with E-state index in [2.05, 4.69) is 20.4 Å². The predicted octanol–water partition coefficient (Wildman–Crippen LogP) is 1.93. The van der Waals surface area contributed by atoms with Crippen molar-refractivity contribution >= 4 is 11.8 Å². The zero-order valence-electron chi connectivity index (χ0n) is 16.0. The molecule has 4 N–H and O–H groups in total. The van der Waals surface area contributed by atoms with Crippen molar-refractivity contribution in [2.45, 2.75) is 18.8 Å². The van der Waals surface area contributed by atoms with Crippen LogP contribution in [0.4, 0.5) is 0 Å². The number of ether oxygens (including phenoxy) is 1. The number of carbonyl (C=O) groups excluding carboxylic acids is 2. The van der Waals surface area contributed by atoms with E-state index in [9.17, 15) is 9.59 Å². The number of nitrogens with one attached hydrogen (secondary N) is 2. The maximum absolute atomic E-state index is 12.9. The maximum atomic E-state index is 12.9. The molecule has 0 saturated carbocycles. The molecule has 0 aliphatic carbocycles. The molecule has 0 bridgehead atoms. The van der Waals surface area contributed by atoms with Gasteiger partial charge in [0.25, 0.3) is 11.8 Å². The Labute approximate surface area is 167 Å². The number of nitrogens with two attached hydrogens (primary N) is 1. The highest BCUT2D eigenvalue weighted by atomic mass is 16.5. The lowest BCUT2D eigenvalue weighted by molar-refractivity contribution is 0.0706. The van der Waals surface area contributed by atoms with Crippen molar-refractivity contribution in [1.29, 1.82) is 0 Å². The van der Waals surface area contributed by atoms with E-state index in [1.807, 2.05) is 24.3 Å². The Balaban J connectivity index is 1.42. The summed E-state index contributed by atoms with van der Waals surface area (Å²) in [5.41, 5.74) is 8.31. The number of hydrogen-bond acceptors (Lipinski definition) is 5. The van der Waals surface area contributed by atoms with Gasteiger partial charge in [0, 0.05) is 30.3 Å². The number of benzene rings is 1. The van der Waals surface area contributed by atoms with Crippen molar-refractivity contribution in [3.8, 4) is 17.0 Å². The van der Waals surface area contributed by atoms with Crippen LogP contribution in [0.25, 0.3) is 11.3 Å². The molecule has 1 aliphatic heterocycles. The number of amides is 2. The zero-order chi connectivity index (χ0) is 20.4. The van der Waals surface area contributed by atoms with Crippen LogP contribution in [0.15, 0.2) is 36.4 Å². The molecule has 0 spiro atoms. The molecule has 0 unspecified atom stereocenters. The van der Waals surface area contributed by atoms with Gasteiger partial charge in [0.2, 0.25) is 0 Å². The molecule has 150 valence electrons. The van der Waals surface area contributed by atoms with E-state index in [0.717, 1.165) is 24.1 Å². The highest BCUT2D eigenvalue weighted by molar-refractivity contribution is 5.93. The smallest absolute Gasteiger partial charge is 0.271 e. The second-order valence-electron chi connectivity index (χ2n) is 7.01. The van der Waals surface area contributed by atoms with Gasteiger partial charge in [-0.1, -0.05) is 12.1 Å². The number of para-hydroxylation sites is 1. The van der Waals surface area contributed by atoms with Crippen LogP contribution in [0, 0.1) is 0 Å². The third kappa shape index (κ3) is 3.71. The third-order valence-corrected chi connectivity index (χ3v) is 5.26. The molecule has 1 fully saturated rings. The number of H-pyrrole nitrogens is 2. The minimum Gasteiger partial charge on any atom is -0.496 e. The molecule has 4 rings (SSSR count). The van der Waals surface area contributed by atoms with E-state index in [1.54, 1.807) is 24.1 Å². The minimum absolute atomic E-state index is 0.0838. The van der Waals surface area contributed by atoms with Gasteiger partial charge in [0.05, 0.1) is 12.8 Å². The second kappa shape index (κ2) is 7.78. The number of primary amides is 1. The number of likely N-dealkylation sites (tertiary alicyclic amines) is 1. The zero-order valence-corrected chi connectivity index (χ0v) is 16.0. The summed E-state index contributed by atoms with van der Waals surface area (Å²) in [5, 5.41) is 13.9. The quantitative estimate of drug-likeness (QED) is 0.609. The van der Waals surface area contributed by atoms with Gasteiger partial charge in [-0.3, -0.25) is 19.8 Å². The monoisotopic (exact) mass is 394 g/mol. The largest absolute Gasteiger partial charge is 0.496 e. The average molecular weight is 394 g/mol. The number of hydrogen-bond donors (Lipinski definition) is 3. The summed E-state index contributed by atoms with van der Waals surface area (Å²) < 4.78 is 5.37. The normalized spacial score (nSPS) is 14.7. The van der Waals surface area contributed by atoms with Crippen LogP contribution in [0.1, 0.15) is 45.4 Å². The highest BCUT2D eigenvalue weighted by Gasteiger charge is 2.27. The second-order valence-corrected chi connectivity index (χ2v) is 7.01. The fraction of sp³-hybridized carbons (Fsp3) is 0.300. The molecule has 9 heteroatoms. The summed E-state index contributed by atoms with van der Waals surface area (Å²) in [7, 11) is 1.60. The van der Waals surface area contributed by atoms with E-state index in [1.165, 1.54) is 0 Å². The molecule has 0 radical (unpaired) electrons. The molecule has 3 aromatic rings. The molecule has 1 aromatic carbocycles. The van der Waals surface area contributed by atoms with E-state index in [-0.39, 0.29) is 17.5 Å². The number of methoxy groups -OCH3 is 1. The summed E-state index contributed by atoms with van der Waals surface area (Å²) in [6.45, 7) is 1.22. The Morgan fingerprint density at radius 3 is 2.59 bits per heavy atom. The first-order chi connectivity index (χ1) is 14.1. The van der Waals surface area contributed by atoms with Crippen molar-refractivity contribution in [2.75, 3.05) is 20.2 Å². The highest BCUT2D eigenvalue weighted by Crippen LogP contribution is 2.30. The first-order valence-corrected chi connectivity index (χ1v) is 9.40. The number of nitrogens with zero attached hydrogens (tertiary/aromatic N) is 3. The minimum atomic E-state index is -0.551. The fourth-order valence-electron chi connectivity index (χ4n) is 3.66. The Hall–Kier alpha value is -3.62. The predicted molar refractivity (Wildman–Crippen MR) is 106 cm³/mol. The van der Waals surface area contributed by atoms with Gasteiger partial charge in [-0.15, -0.1) is 0 Å². The molecular formula is C20H22N6O3. The summed E-state index contributed by atoms with van der Waals surface area (Å²) >= 11 is 0. The van der Waals surface area contributed by atoms with Crippen LogP contribution in [0.3, 0.4) is 0 Å². The van der Waals surface area contributed by atoms with E-state index in [4.69, 9.17) is 10.5 Å². The first kappa shape index (κ1) is 18.7. The van der Waals surface area contributed by atoms with Gasteiger partial charge < -0.3 is 15.4 Å². The summed E-state index contributed by atoms with van der Waals surface area (Å²) in [4.78, 5) is 25.9. The third-order valence-electron chi connectivity index (χ3n) is 5.26. The summed E-state index contributed by atoms with van der Waals surface area (Å²) in [6.07, 6.45) is 1.55. The van der Waals surface area contributed by atoms with E-state index < -0.39 is 5.91 Å². The van der Waals surface area contributed by atoms with Crippen LogP contribution in [0.2, 0.25) is 0 Å². The van der Waals surface area contributed by atoms with Gasteiger partial charge in [-0.25, -0.2) is 0 Å². The Morgan fingerprint density at radius 2 is 1.90 bits per heavy atom. The van der Waals surface area contributed by atoms with Gasteiger partial charge in [-0.05, 0) is 37.1 Å². The summed E-state index contributed by atoms with van der Waals surface area (Å²) in [5.74, 6) is 0.281. The van der Waals surface area contributed by atoms with Crippen molar-refractivity contribution in [3.63, 3.8) is 0 Å². The maximum Gasteiger partial charge on any atom is 0.271 e. The number of aromatic nitrogens is 4. The Kier molecular flexibility index (Phi) is 5.03. The number of carbonyl (C=O) groups is 2. The lowest BCUT2D eigenvalue weighted by atomic mass is 9.93. The van der Waals surface area contributed by atoms with Crippen molar-refractivity contribution in [2.24, 2.45) is 5.73 Å². The number of aromatic amines is 2. The summed E-state index contributed by atoms with van der Waals surface area (Å²) in [6, 6.07) is 11.0. The lowest BCUT2D eigenvalue weighted by Gasteiger charge is -2.31. The molecular weight excluding hydrogens is 372 g/mol. The number of piperidine rings is 1. The van der Waals surface area contributed by atoms with Crippen molar-refractivity contribution in [3.05, 3.63) is 53.5 Å². The van der Waals surface area contributed by atoms with Gasteiger partial charge in [0.15, 0.2) is 0 Å². The van der Waals surface area contributed by atoms with Crippen molar-refractivity contribution in [1.82, 2.24) is 25.3 Å². The Bertz CT molecular complexity index is 1030. The van der Waals surface area contributed by atoms with Crippen LogP contribution >= 0.6 is 0 Å². The van der Waals surface area contributed by atoms with Crippen molar-refractivity contribution < 1.29 is 14.3 Å². The molecule has 3 heterocycles. The SMILES string of the molecule is COc1ccccc1-c1cc(C(=O)N2CCC(c3cc(C(N)=O)n[nH]3)CC2)[nH]n1.